The maximum Gasteiger partial charge on any atom is 0.113 e. The smallest absolute Gasteiger partial charge is 0.113 e. The molecule has 0 aliphatic carbocycles. The number of hydrogen-bond donors (Lipinski definition) is 0. The third-order valence-electron chi connectivity index (χ3n) is 3.99. The molecule has 1 atom stereocenters. The summed E-state index contributed by atoms with van der Waals surface area (Å²) < 4.78 is 0. The first-order valence-corrected chi connectivity index (χ1v) is 8.44. The maximum atomic E-state index is 4.56. The fourth-order valence-electron chi connectivity index (χ4n) is 2.61. The lowest BCUT2D eigenvalue weighted by molar-refractivity contribution is 0.402. The van der Waals surface area contributed by atoms with Gasteiger partial charge in [0.25, 0.3) is 0 Å². The summed E-state index contributed by atoms with van der Waals surface area (Å²) in [6.45, 7) is 4.47. The molecule has 2 aromatic rings. The van der Waals surface area contributed by atoms with E-state index in [4.69, 9.17) is 0 Å². The second-order valence-electron chi connectivity index (χ2n) is 5.93. The largest absolute Gasteiger partial charge is 0.181 e. The molecule has 3 heteroatoms. The van der Waals surface area contributed by atoms with Gasteiger partial charge in [-0.2, -0.15) is 15.0 Å². The molecule has 1 aromatic heterocycles. The summed E-state index contributed by atoms with van der Waals surface area (Å²) in [4.78, 5) is 1.88. The Balaban J connectivity index is 1.64. The number of benzene rings is 1. The number of unbranched alkanes of at least 4 members (excludes halogenated alkanes) is 7. The Morgan fingerprint density at radius 2 is 1.67 bits per heavy atom. The molecular weight excluding hydrogens is 258 g/mol. The zero-order valence-electron chi connectivity index (χ0n) is 13.5. The summed E-state index contributed by atoms with van der Waals surface area (Å²) >= 11 is 0. The lowest BCUT2D eigenvalue weighted by atomic mass is 10.1. The van der Waals surface area contributed by atoms with E-state index in [2.05, 4.69) is 30.5 Å². The number of rotatable bonds is 10. The molecule has 1 radical (unpaired) electrons. The minimum absolute atomic E-state index is 0.380. The summed E-state index contributed by atoms with van der Waals surface area (Å²) in [6, 6.07) is 8.45. The first-order chi connectivity index (χ1) is 10.3. The van der Waals surface area contributed by atoms with Crippen LogP contribution in [0.25, 0.3) is 11.0 Å². The van der Waals surface area contributed by atoms with E-state index in [0.29, 0.717) is 6.04 Å². The lowest BCUT2D eigenvalue weighted by Crippen LogP contribution is -2.08. The predicted octanol–water partition coefficient (Wildman–Crippen LogP) is 5.34. The van der Waals surface area contributed by atoms with Crippen LogP contribution in [0.2, 0.25) is 0 Å². The van der Waals surface area contributed by atoms with Crippen molar-refractivity contribution in [2.75, 3.05) is 0 Å². The van der Waals surface area contributed by atoms with Crippen molar-refractivity contribution < 1.29 is 0 Å². The molecule has 21 heavy (non-hydrogen) atoms. The Kier molecular flexibility index (Phi) is 6.71. The third kappa shape index (κ3) is 5.14. The molecule has 0 saturated heterocycles. The average molecular weight is 286 g/mol. The van der Waals surface area contributed by atoms with Crippen LogP contribution in [0.15, 0.2) is 24.3 Å². The van der Waals surface area contributed by atoms with Gasteiger partial charge in [0.05, 0.1) is 6.04 Å². The van der Waals surface area contributed by atoms with E-state index in [9.17, 15) is 0 Å². The summed E-state index contributed by atoms with van der Waals surface area (Å²) in [5.41, 5.74) is 1.98. The van der Waals surface area contributed by atoms with E-state index in [-0.39, 0.29) is 0 Å². The Labute approximate surface area is 128 Å². The monoisotopic (exact) mass is 286 g/mol. The van der Waals surface area contributed by atoms with E-state index < -0.39 is 0 Å². The predicted molar refractivity (Wildman–Crippen MR) is 89.1 cm³/mol. The Morgan fingerprint density at radius 1 is 1.00 bits per heavy atom. The topological polar surface area (TPSA) is 30.7 Å². The molecule has 0 fully saturated rings. The van der Waals surface area contributed by atoms with Crippen LogP contribution in [0, 0.1) is 6.42 Å². The van der Waals surface area contributed by atoms with Crippen molar-refractivity contribution >= 4 is 11.0 Å². The van der Waals surface area contributed by atoms with E-state index in [1.54, 1.807) is 0 Å². The first-order valence-electron chi connectivity index (χ1n) is 8.44. The molecular formula is C18H28N3. The van der Waals surface area contributed by atoms with Gasteiger partial charge in [0, 0.05) is 0 Å². The summed E-state index contributed by atoms with van der Waals surface area (Å²) in [6.07, 6.45) is 12.8. The number of hydrogen-bond acceptors (Lipinski definition) is 2. The fourth-order valence-corrected chi connectivity index (χ4v) is 2.61. The SMILES string of the molecule is CCCCCC[CH]CCCC(C)n1nc2ccccc2n1. The quantitative estimate of drug-likeness (QED) is 0.552. The molecule has 0 N–H and O–H groups in total. The van der Waals surface area contributed by atoms with Crippen molar-refractivity contribution in [3.63, 3.8) is 0 Å². The van der Waals surface area contributed by atoms with Crippen LogP contribution < -0.4 is 0 Å². The Hall–Kier alpha value is -1.38. The molecule has 0 saturated carbocycles. The highest BCUT2D eigenvalue weighted by molar-refractivity contribution is 5.72. The minimum atomic E-state index is 0.380. The van der Waals surface area contributed by atoms with E-state index >= 15 is 0 Å². The van der Waals surface area contributed by atoms with Crippen molar-refractivity contribution in [3.05, 3.63) is 30.7 Å². The minimum Gasteiger partial charge on any atom is -0.181 e. The van der Waals surface area contributed by atoms with Crippen molar-refractivity contribution in [1.29, 1.82) is 0 Å². The number of nitrogens with zero attached hydrogens (tertiary/aromatic N) is 3. The van der Waals surface area contributed by atoms with Gasteiger partial charge < -0.3 is 0 Å². The van der Waals surface area contributed by atoms with Crippen molar-refractivity contribution in [2.24, 2.45) is 0 Å². The van der Waals surface area contributed by atoms with Crippen LogP contribution in [0.1, 0.15) is 71.3 Å². The molecule has 2 rings (SSSR count). The highest BCUT2D eigenvalue weighted by Gasteiger charge is 2.08. The summed E-state index contributed by atoms with van der Waals surface area (Å²) in [5.74, 6) is 0. The zero-order chi connectivity index (χ0) is 14.9. The standard InChI is InChI=1S/C18H28N3/c1-3-4-5-6-7-8-9-10-13-16(2)21-19-17-14-11-12-15-18(17)20-21/h8,11-12,14-16H,3-7,9-10,13H2,1-2H3. The third-order valence-corrected chi connectivity index (χ3v) is 3.99. The second-order valence-corrected chi connectivity index (χ2v) is 5.93. The van der Waals surface area contributed by atoms with Crippen molar-refractivity contribution in [1.82, 2.24) is 15.0 Å². The van der Waals surface area contributed by atoms with Crippen LogP contribution in [-0.2, 0) is 0 Å². The van der Waals surface area contributed by atoms with Crippen LogP contribution in [0.4, 0.5) is 0 Å². The molecule has 0 spiro atoms. The van der Waals surface area contributed by atoms with Crippen molar-refractivity contribution in [2.45, 2.75) is 71.3 Å². The van der Waals surface area contributed by atoms with Gasteiger partial charge in [0.2, 0.25) is 0 Å². The number of fused-ring (bicyclic) bond motifs is 1. The molecule has 0 aliphatic heterocycles. The van der Waals surface area contributed by atoms with Gasteiger partial charge in [0.15, 0.2) is 0 Å². The molecule has 1 heterocycles. The molecule has 0 aliphatic rings. The lowest BCUT2D eigenvalue weighted by Gasteiger charge is -2.09. The summed E-state index contributed by atoms with van der Waals surface area (Å²) in [7, 11) is 0. The molecule has 3 nitrogen and oxygen atoms in total. The van der Waals surface area contributed by atoms with E-state index in [1.165, 1.54) is 44.9 Å². The van der Waals surface area contributed by atoms with Crippen LogP contribution in [0.5, 0.6) is 0 Å². The van der Waals surface area contributed by atoms with E-state index in [1.807, 2.05) is 29.1 Å². The van der Waals surface area contributed by atoms with Crippen LogP contribution >= 0.6 is 0 Å². The van der Waals surface area contributed by atoms with Gasteiger partial charge in [-0.15, -0.1) is 0 Å². The average Bonchev–Trinajstić information content (AvgIpc) is 2.94. The van der Waals surface area contributed by atoms with Gasteiger partial charge in [-0.3, -0.25) is 0 Å². The molecule has 1 aromatic carbocycles. The van der Waals surface area contributed by atoms with Gasteiger partial charge in [-0.25, -0.2) is 0 Å². The Morgan fingerprint density at radius 3 is 2.33 bits per heavy atom. The molecule has 115 valence electrons. The van der Waals surface area contributed by atoms with Crippen molar-refractivity contribution in [3.8, 4) is 0 Å². The van der Waals surface area contributed by atoms with Gasteiger partial charge in [-0.1, -0.05) is 64.0 Å². The molecule has 1 unspecified atom stereocenters. The normalized spacial score (nSPS) is 12.9. The van der Waals surface area contributed by atoms with Crippen LogP contribution in [-0.4, -0.2) is 15.0 Å². The number of aromatic nitrogens is 3. The second kappa shape index (κ2) is 8.81. The Bertz CT molecular complexity index is 485. The van der Waals surface area contributed by atoms with E-state index in [0.717, 1.165) is 17.5 Å². The maximum absolute atomic E-state index is 4.56. The van der Waals surface area contributed by atoms with Crippen LogP contribution in [0.3, 0.4) is 0 Å². The summed E-state index contributed by atoms with van der Waals surface area (Å²) in [5, 5.41) is 9.11. The molecule has 0 bridgehead atoms. The first kappa shape index (κ1) is 16.0. The van der Waals surface area contributed by atoms with Gasteiger partial charge in [-0.05, 0) is 31.9 Å². The van der Waals surface area contributed by atoms with Gasteiger partial charge in [0.1, 0.15) is 11.0 Å². The highest BCUT2D eigenvalue weighted by atomic mass is 15.5. The zero-order valence-corrected chi connectivity index (χ0v) is 13.5. The highest BCUT2D eigenvalue weighted by Crippen LogP contribution is 2.17. The molecule has 0 amide bonds. The fraction of sp³-hybridized carbons (Fsp3) is 0.611. The van der Waals surface area contributed by atoms with Gasteiger partial charge >= 0.3 is 0 Å².